The Bertz CT molecular complexity index is 2130. The van der Waals surface area contributed by atoms with Crippen molar-refractivity contribution in [2.24, 2.45) is 0 Å². The quantitative estimate of drug-likeness (QED) is 0.0779. The summed E-state index contributed by atoms with van der Waals surface area (Å²) in [6.07, 6.45) is 7.95. The highest BCUT2D eigenvalue weighted by Gasteiger charge is 2.40. The molecule has 0 aromatic heterocycles. The second kappa shape index (κ2) is 17.7. The summed E-state index contributed by atoms with van der Waals surface area (Å²) < 4.78 is 55.6. The first-order chi connectivity index (χ1) is 26.4. The Kier molecular flexibility index (Phi) is 13.4. The normalized spacial score (nSPS) is 16.5. The van der Waals surface area contributed by atoms with E-state index in [2.05, 4.69) is 54.5 Å². The van der Waals surface area contributed by atoms with Gasteiger partial charge in [-0.15, -0.1) is 5.06 Å². The van der Waals surface area contributed by atoms with Gasteiger partial charge in [0.1, 0.15) is 34.9 Å². The zero-order chi connectivity index (χ0) is 40.8. The Morgan fingerprint density at radius 3 is 2.27 bits per heavy atom. The predicted octanol–water partition coefficient (Wildman–Crippen LogP) is 5.51. The molecule has 0 N–H and O–H groups in total. The number of carbonyl (C=O) groups is 3. The molecule has 2 amide bonds. The van der Waals surface area contributed by atoms with Crippen molar-refractivity contribution >= 4 is 39.7 Å². The number of nitrogens with zero attached hydrogens (tertiary/aromatic N) is 3. The lowest BCUT2D eigenvalue weighted by Crippen LogP contribution is -2.35. The summed E-state index contributed by atoms with van der Waals surface area (Å²) >= 11 is 0. The minimum atomic E-state index is -4.68. The van der Waals surface area contributed by atoms with Crippen LogP contribution in [-0.4, -0.2) is 82.9 Å². The number of fused-ring (bicyclic) bond motifs is 2. The molecular weight excluding hydrogens is 739 g/mol. The molecule has 3 aliphatic heterocycles. The Hall–Kier alpha value is -4.63. The summed E-state index contributed by atoms with van der Waals surface area (Å²) in [5, 5.41) is 1.55. The molecular formula is C42H53N3O10S. The number of amides is 2. The fourth-order valence-electron chi connectivity index (χ4n) is 6.99. The average molecular weight is 792 g/mol. The number of imide groups is 1. The van der Waals surface area contributed by atoms with Crippen molar-refractivity contribution in [3.63, 3.8) is 0 Å². The zero-order valence-corrected chi connectivity index (χ0v) is 34.2. The van der Waals surface area contributed by atoms with E-state index in [0.29, 0.717) is 57.2 Å². The van der Waals surface area contributed by atoms with Crippen molar-refractivity contribution in [3.8, 4) is 11.3 Å². The van der Waals surface area contributed by atoms with Gasteiger partial charge in [0.05, 0.1) is 11.0 Å². The maximum absolute atomic E-state index is 12.4. The van der Waals surface area contributed by atoms with Crippen LogP contribution in [0.1, 0.15) is 90.0 Å². The summed E-state index contributed by atoms with van der Waals surface area (Å²) in [6.45, 7) is 13.4. The van der Waals surface area contributed by atoms with Gasteiger partial charge in [0, 0.05) is 73.9 Å². The third-order valence-corrected chi connectivity index (χ3v) is 11.0. The number of hydroxylamine groups is 2. The first-order valence-electron chi connectivity index (χ1n) is 18.9. The molecule has 0 saturated carbocycles. The van der Waals surface area contributed by atoms with Gasteiger partial charge in [0.2, 0.25) is 5.36 Å². The van der Waals surface area contributed by atoms with Crippen molar-refractivity contribution in [3.05, 3.63) is 82.6 Å². The van der Waals surface area contributed by atoms with Gasteiger partial charge < -0.3 is 28.2 Å². The molecule has 4 aliphatic rings. The molecule has 1 aromatic carbocycles. The van der Waals surface area contributed by atoms with Gasteiger partial charge in [-0.1, -0.05) is 53.2 Å². The lowest BCUT2D eigenvalue weighted by molar-refractivity contribution is -0.197. The van der Waals surface area contributed by atoms with E-state index in [-0.39, 0.29) is 29.6 Å². The second-order valence-corrected chi connectivity index (χ2v) is 17.0. The summed E-state index contributed by atoms with van der Waals surface area (Å²) in [4.78, 5) is 42.8. The Balaban J connectivity index is 1.45. The number of allylic oxidation sites excluding steroid dienone is 3. The topological polar surface area (TPSA) is 159 Å². The molecule has 5 rings (SSSR count). The number of ether oxygens (including phenoxy) is 2. The largest absolute Gasteiger partial charge is 0.744 e. The number of anilines is 1. The summed E-state index contributed by atoms with van der Waals surface area (Å²) in [7, 11) is -1.32. The number of carbonyl (C=O) groups excluding carboxylic acids is 3. The van der Waals surface area contributed by atoms with E-state index in [9.17, 15) is 27.4 Å². The van der Waals surface area contributed by atoms with E-state index in [1.807, 2.05) is 32.1 Å². The third-order valence-electron chi connectivity index (χ3n) is 10.2. The van der Waals surface area contributed by atoms with E-state index < -0.39 is 33.3 Å². The summed E-state index contributed by atoms with van der Waals surface area (Å²) in [6, 6.07) is 12.7. The fourth-order valence-corrected chi connectivity index (χ4v) is 7.49. The Morgan fingerprint density at radius 1 is 0.964 bits per heavy atom. The molecule has 0 spiro atoms. The van der Waals surface area contributed by atoms with Crippen molar-refractivity contribution in [1.82, 2.24) is 9.64 Å². The number of unbranched alkanes of at least 4 members (excludes halogenated alkanes) is 2. The molecule has 1 aliphatic carbocycles. The molecule has 0 bridgehead atoms. The zero-order valence-electron chi connectivity index (χ0n) is 33.4. The summed E-state index contributed by atoms with van der Waals surface area (Å²) in [5.41, 5.74) is 3.38. The predicted molar refractivity (Wildman–Crippen MR) is 210 cm³/mol. The van der Waals surface area contributed by atoms with E-state index in [1.54, 1.807) is 20.3 Å². The number of hydrogen-bond donors (Lipinski definition) is 0. The lowest BCUT2D eigenvalue weighted by Gasteiger charge is -2.27. The van der Waals surface area contributed by atoms with Crippen LogP contribution in [-0.2, 0) is 49.6 Å². The molecule has 302 valence electrons. The van der Waals surface area contributed by atoms with Crippen LogP contribution in [0.3, 0.4) is 0 Å². The van der Waals surface area contributed by atoms with E-state index in [0.717, 1.165) is 45.0 Å². The minimum absolute atomic E-state index is 0.0356. The maximum Gasteiger partial charge on any atom is 0.333 e. The van der Waals surface area contributed by atoms with Crippen molar-refractivity contribution in [2.45, 2.75) is 88.9 Å². The second-order valence-electron chi connectivity index (χ2n) is 15.6. The number of rotatable bonds is 16. The first kappa shape index (κ1) is 42.5. The third kappa shape index (κ3) is 9.84. The first-order valence-corrected chi connectivity index (χ1v) is 20.3. The maximum atomic E-state index is 12.4. The van der Waals surface area contributed by atoms with Crippen LogP contribution < -0.4 is 14.8 Å². The molecule has 0 radical (unpaired) electrons. The van der Waals surface area contributed by atoms with Crippen molar-refractivity contribution < 1.29 is 46.1 Å². The van der Waals surface area contributed by atoms with Gasteiger partial charge in [0.25, 0.3) is 11.8 Å². The van der Waals surface area contributed by atoms with Crippen LogP contribution in [0, 0.1) is 0 Å². The highest BCUT2D eigenvalue weighted by molar-refractivity contribution is 7.85. The van der Waals surface area contributed by atoms with Crippen LogP contribution in [0.4, 0.5) is 5.69 Å². The highest BCUT2D eigenvalue weighted by atomic mass is 32.2. The molecule has 13 nitrogen and oxygen atoms in total. The lowest BCUT2D eigenvalue weighted by atomic mass is 9.83. The van der Waals surface area contributed by atoms with Gasteiger partial charge in [-0.05, 0) is 60.4 Å². The van der Waals surface area contributed by atoms with Crippen LogP contribution >= 0.6 is 0 Å². The number of benzene rings is 2. The monoisotopic (exact) mass is 791 g/mol. The van der Waals surface area contributed by atoms with Gasteiger partial charge in [-0.2, -0.15) is 0 Å². The van der Waals surface area contributed by atoms with Gasteiger partial charge >= 0.3 is 5.97 Å². The minimum Gasteiger partial charge on any atom is -0.744 e. The smallest absolute Gasteiger partial charge is 0.333 e. The highest BCUT2D eigenvalue weighted by Crippen LogP contribution is 2.48. The van der Waals surface area contributed by atoms with Crippen LogP contribution in [0.5, 0.6) is 0 Å². The molecule has 1 saturated heterocycles. The number of methoxy groups -OCH3 is 2. The molecule has 14 heteroatoms. The average Bonchev–Trinajstić information content (AvgIpc) is 3.56. The van der Waals surface area contributed by atoms with Crippen LogP contribution in [0.15, 0.2) is 69.6 Å². The molecule has 1 fully saturated rings. The van der Waals surface area contributed by atoms with Gasteiger partial charge in [0.15, 0.2) is 13.1 Å². The molecule has 0 unspecified atom stereocenters. The SMILES string of the molecule is COCC[N+](CCOC)=c1ccc2c(/C=C/C=C3/N(CCCCCC(=O)ON4C(=O)CCC4=O)c4ccc(S(=O)(=O)[O-])cc4C3(C)C)cc(C(C)(C)C)oc-2c1. The van der Waals surface area contributed by atoms with Crippen LogP contribution in [0.2, 0.25) is 0 Å². The van der Waals surface area contributed by atoms with Crippen LogP contribution in [0.25, 0.3) is 17.4 Å². The van der Waals surface area contributed by atoms with Crippen molar-refractivity contribution in [1.29, 1.82) is 0 Å². The molecule has 0 atom stereocenters. The van der Waals surface area contributed by atoms with Crippen molar-refractivity contribution in [2.75, 3.05) is 52.0 Å². The number of hydrogen-bond acceptors (Lipinski definition) is 11. The Morgan fingerprint density at radius 2 is 1.64 bits per heavy atom. The van der Waals surface area contributed by atoms with E-state index in [4.69, 9.17) is 18.7 Å². The van der Waals surface area contributed by atoms with E-state index in [1.165, 1.54) is 12.1 Å². The fraction of sp³-hybridized carbons (Fsp3) is 0.476. The van der Waals surface area contributed by atoms with Gasteiger partial charge in [-0.25, -0.2) is 17.8 Å². The van der Waals surface area contributed by atoms with Gasteiger partial charge in [-0.3, -0.25) is 9.59 Å². The van der Waals surface area contributed by atoms with E-state index >= 15 is 0 Å². The molecule has 56 heavy (non-hydrogen) atoms. The molecule has 3 heterocycles. The Labute approximate surface area is 329 Å². The molecule has 1 aromatic rings. The standard InChI is InChI=1S/C42H53N3O10S/c1-41(2,3)37-26-29(32-17-15-30(27-35(32)54-37)43(22-24-52-6)23-25-53-7)12-11-13-36-42(4,5)33-28-31(56(49,50)51)16-18-34(33)44(36)21-10-8-9-14-40(48)55-45-38(46)19-20-39(45)47/h11-13,15-18,26-28H,8-10,14,19-25H2,1-7H3. The summed E-state index contributed by atoms with van der Waals surface area (Å²) in [5.74, 6) is -0.110.